The van der Waals surface area contributed by atoms with Crippen LogP contribution in [-0.4, -0.2) is 29.8 Å². The lowest BCUT2D eigenvalue weighted by atomic mass is 10.1. The number of benzene rings is 2. The maximum atomic E-state index is 12.3. The fourth-order valence-corrected chi connectivity index (χ4v) is 3.05. The van der Waals surface area contributed by atoms with Crippen LogP contribution >= 0.6 is 0 Å². The van der Waals surface area contributed by atoms with Crippen molar-refractivity contribution >= 4 is 34.2 Å². The Morgan fingerprint density at radius 2 is 1.81 bits per heavy atom. The molecule has 10 heteroatoms. The monoisotopic (exact) mass is 423 g/mol. The number of nitrogens with one attached hydrogen (secondary N) is 1. The van der Waals surface area contributed by atoms with E-state index in [1.807, 2.05) is 32.0 Å². The van der Waals surface area contributed by atoms with Gasteiger partial charge >= 0.3 is 0 Å². The number of rotatable bonds is 7. The molecule has 0 unspecified atom stereocenters. The molecule has 0 fully saturated rings. The molecule has 3 aromatic rings. The number of non-ortho nitro benzene ring substituents is 1. The zero-order valence-electron chi connectivity index (χ0n) is 17.0. The summed E-state index contributed by atoms with van der Waals surface area (Å²) in [5, 5.41) is 15.3. The lowest BCUT2D eigenvalue weighted by molar-refractivity contribution is -0.384. The number of carbonyl (C=O) groups excluding carboxylic acids is 2. The van der Waals surface area contributed by atoms with E-state index in [-0.39, 0.29) is 22.4 Å². The molecule has 0 radical (unpaired) electrons. The van der Waals surface area contributed by atoms with Crippen LogP contribution in [0.3, 0.4) is 0 Å². The predicted molar refractivity (Wildman–Crippen MR) is 114 cm³/mol. The van der Waals surface area contributed by atoms with Gasteiger partial charge in [0.05, 0.1) is 4.92 Å². The van der Waals surface area contributed by atoms with Crippen molar-refractivity contribution in [1.82, 2.24) is 5.43 Å². The van der Waals surface area contributed by atoms with Gasteiger partial charge in [-0.05, 0) is 44.2 Å². The molecular formula is C21H21N5O5. The van der Waals surface area contributed by atoms with Gasteiger partial charge in [0.15, 0.2) is 0 Å². The second-order valence-electron chi connectivity index (χ2n) is 6.58. The van der Waals surface area contributed by atoms with Crippen LogP contribution in [0, 0.1) is 10.1 Å². The Morgan fingerprint density at radius 1 is 1.13 bits per heavy atom. The number of nitrogens with zero attached hydrogens (tertiary/aromatic N) is 3. The number of anilines is 1. The maximum absolute atomic E-state index is 12.3. The zero-order valence-corrected chi connectivity index (χ0v) is 17.0. The minimum absolute atomic E-state index is 0.00656. The van der Waals surface area contributed by atoms with Gasteiger partial charge in [-0.2, -0.15) is 0 Å². The summed E-state index contributed by atoms with van der Waals surface area (Å²) in [5.74, 6) is -1.39. The first-order chi connectivity index (χ1) is 14.8. The van der Waals surface area contributed by atoms with Crippen molar-refractivity contribution in [3.8, 4) is 0 Å². The Hall–Kier alpha value is -4.21. The van der Waals surface area contributed by atoms with Crippen LogP contribution in [0.2, 0.25) is 0 Å². The second kappa shape index (κ2) is 9.08. The molecule has 10 nitrogen and oxygen atoms in total. The highest BCUT2D eigenvalue weighted by molar-refractivity contribution is 5.96. The van der Waals surface area contributed by atoms with Gasteiger partial charge in [0.1, 0.15) is 11.1 Å². The van der Waals surface area contributed by atoms with Gasteiger partial charge in [0, 0.05) is 47.9 Å². The third kappa shape index (κ3) is 4.69. The Balaban J connectivity index is 1.98. The van der Waals surface area contributed by atoms with Crippen LogP contribution in [0.5, 0.6) is 0 Å². The molecule has 0 saturated heterocycles. The number of hydrogen-bond acceptors (Lipinski definition) is 7. The molecule has 0 atom stereocenters. The van der Waals surface area contributed by atoms with Gasteiger partial charge in [0.2, 0.25) is 5.55 Å². The Bertz CT molecular complexity index is 1210. The second-order valence-corrected chi connectivity index (χ2v) is 6.58. The molecule has 3 N–H and O–H groups in total. The van der Waals surface area contributed by atoms with E-state index in [1.54, 1.807) is 6.07 Å². The van der Waals surface area contributed by atoms with E-state index in [9.17, 15) is 19.7 Å². The zero-order chi connectivity index (χ0) is 22.5. The van der Waals surface area contributed by atoms with E-state index in [0.717, 1.165) is 18.8 Å². The molecular weight excluding hydrogens is 402 g/mol. The molecule has 0 aliphatic carbocycles. The predicted octanol–water partition coefficient (Wildman–Crippen LogP) is 2.53. The smallest absolute Gasteiger partial charge is 0.271 e. The summed E-state index contributed by atoms with van der Waals surface area (Å²) < 4.78 is 5.77. The largest absolute Gasteiger partial charge is 0.436 e. The highest BCUT2D eigenvalue weighted by Gasteiger charge is 2.13. The molecule has 2 aromatic carbocycles. The van der Waals surface area contributed by atoms with Crippen LogP contribution < -0.4 is 21.6 Å². The van der Waals surface area contributed by atoms with Gasteiger partial charge in [0.25, 0.3) is 17.5 Å². The van der Waals surface area contributed by atoms with Crippen molar-refractivity contribution in [2.24, 2.45) is 10.8 Å². The first kappa shape index (κ1) is 21.5. The number of carbonyl (C=O) groups is 2. The molecule has 160 valence electrons. The van der Waals surface area contributed by atoms with E-state index in [0.29, 0.717) is 11.0 Å². The van der Waals surface area contributed by atoms with Crippen LogP contribution in [0.15, 0.2) is 58.0 Å². The van der Waals surface area contributed by atoms with E-state index >= 15 is 0 Å². The normalized spacial score (nSPS) is 11.4. The van der Waals surface area contributed by atoms with E-state index in [4.69, 9.17) is 10.2 Å². The van der Waals surface area contributed by atoms with Crippen LogP contribution in [0.4, 0.5) is 11.4 Å². The van der Waals surface area contributed by atoms with Gasteiger partial charge in [-0.15, -0.1) is 5.10 Å². The first-order valence-corrected chi connectivity index (χ1v) is 9.55. The molecule has 0 aliphatic heterocycles. The van der Waals surface area contributed by atoms with Gasteiger partial charge in [-0.3, -0.25) is 19.7 Å². The summed E-state index contributed by atoms with van der Waals surface area (Å²) >= 11 is 0. The number of hydrogen-bond donors (Lipinski definition) is 2. The third-order valence-electron chi connectivity index (χ3n) is 4.73. The van der Waals surface area contributed by atoms with Gasteiger partial charge in [-0.25, -0.2) is 5.43 Å². The Labute approximate surface area is 177 Å². The molecule has 1 aromatic heterocycles. The average molecular weight is 423 g/mol. The number of nitro groups is 1. The molecule has 2 amide bonds. The summed E-state index contributed by atoms with van der Waals surface area (Å²) in [7, 11) is 0. The molecule has 31 heavy (non-hydrogen) atoms. The minimum atomic E-state index is -0.762. The Morgan fingerprint density at radius 3 is 2.39 bits per heavy atom. The lowest BCUT2D eigenvalue weighted by Gasteiger charge is -2.21. The Kier molecular flexibility index (Phi) is 6.29. The van der Waals surface area contributed by atoms with Crippen molar-refractivity contribution < 1.29 is 18.9 Å². The fourth-order valence-electron chi connectivity index (χ4n) is 3.05. The van der Waals surface area contributed by atoms with E-state index < -0.39 is 16.7 Å². The fraction of sp³-hybridized carbons (Fsp3) is 0.190. The van der Waals surface area contributed by atoms with Gasteiger partial charge < -0.3 is 15.1 Å². The van der Waals surface area contributed by atoms with Crippen molar-refractivity contribution in [1.29, 1.82) is 0 Å². The molecule has 1 heterocycles. The molecule has 3 rings (SSSR count). The highest BCUT2D eigenvalue weighted by atomic mass is 16.6. The summed E-state index contributed by atoms with van der Waals surface area (Å²) in [6.07, 6.45) is 0. The number of fused-ring (bicyclic) bond motifs is 1. The van der Waals surface area contributed by atoms with E-state index in [2.05, 4.69) is 15.4 Å². The number of nitro benzene ring substituents is 1. The number of amides is 2. The maximum Gasteiger partial charge on any atom is 0.271 e. The standard InChI is InChI=1S/C21H21N5O5/c1-3-25(4-2)16-10-7-14-11-17(19(22)27)21(31-18(14)12-16)24-23-20(28)13-5-8-15(9-6-13)26(29)30/h5-12H,3-4H2,1-2H3,(H2,22,27)(H,23,28)/b24-21+. The lowest BCUT2D eigenvalue weighted by Crippen LogP contribution is -2.27. The summed E-state index contributed by atoms with van der Waals surface area (Å²) in [4.78, 5) is 36.5. The van der Waals surface area contributed by atoms with E-state index in [1.165, 1.54) is 24.3 Å². The topological polar surface area (TPSA) is 144 Å². The van der Waals surface area contributed by atoms with Crippen molar-refractivity contribution in [2.45, 2.75) is 13.8 Å². The van der Waals surface area contributed by atoms with Crippen LogP contribution in [-0.2, 0) is 0 Å². The molecule has 0 spiro atoms. The SMILES string of the molecule is CCN(CC)c1ccc2cc(C(N)=O)/c(=N\NC(=O)c3ccc([N+](=O)[O-])cc3)oc2c1. The summed E-state index contributed by atoms with van der Waals surface area (Å²) in [6, 6.07) is 12.1. The van der Waals surface area contributed by atoms with Crippen molar-refractivity contribution in [2.75, 3.05) is 18.0 Å². The van der Waals surface area contributed by atoms with Crippen LogP contribution in [0.1, 0.15) is 34.6 Å². The van der Waals surface area contributed by atoms with Gasteiger partial charge in [-0.1, -0.05) is 0 Å². The molecule has 0 saturated carbocycles. The van der Waals surface area contributed by atoms with Crippen molar-refractivity contribution in [3.63, 3.8) is 0 Å². The average Bonchev–Trinajstić information content (AvgIpc) is 2.77. The quantitative estimate of drug-likeness (QED) is 0.441. The highest BCUT2D eigenvalue weighted by Crippen LogP contribution is 2.22. The summed E-state index contributed by atoms with van der Waals surface area (Å²) in [5.41, 5.74) is 9.01. The summed E-state index contributed by atoms with van der Waals surface area (Å²) in [6.45, 7) is 5.69. The molecule has 0 aliphatic rings. The number of primary amides is 1. The van der Waals surface area contributed by atoms with Crippen LogP contribution in [0.25, 0.3) is 11.0 Å². The molecule has 0 bridgehead atoms. The minimum Gasteiger partial charge on any atom is -0.436 e. The van der Waals surface area contributed by atoms with Crippen molar-refractivity contribution in [3.05, 3.63) is 75.3 Å². The third-order valence-corrected chi connectivity index (χ3v) is 4.73. The first-order valence-electron chi connectivity index (χ1n) is 9.55. The number of nitrogens with two attached hydrogens (primary N) is 1.